The van der Waals surface area contributed by atoms with Crippen molar-refractivity contribution in [3.8, 4) is 6.07 Å². The molecule has 0 aliphatic carbocycles. The van der Waals surface area contributed by atoms with E-state index in [1.54, 1.807) is 31.1 Å². The van der Waals surface area contributed by atoms with Crippen LogP contribution in [0.5, 0.6) is 0 Å². The Morgan fingerprint density at radius 3 is 2.57 bits per heavy atom. The van der Waals surface area contributed by atoms with E-state index in [9.17, 15) is 9.90 Å². The van der Waals surface area contributed by atoms with E-state index < -0.39 is 6.35 Å². The molecule has 0 spiro atoms. The summed E-state index contributed by atoms with van der Waals surface area (Å²) in [5, 5.41) is 19.3. The van der Waals surface area contributed by atoms with E-state index in [4.69, 9.17) is 10.00 Å². The monoisotopic (exact) mass is 383 g/mol. The van der Waals surface area contributed by atoms with Gasteiger partial charge in [-0.2, -0.15) is 5.26 Å². The fraction of sp³-hybridized carbons (Fsp3) is 0.450. The van der Waals surface area contributed by atoms with Gasteiger partial charge in [-0.25, -0.2) is 4.98 Å². The highest BCUT2D eigenvalue weighted by atomic mass is 16.5. The molecule has 148 valence electrons. The summed E-state index contributed by atoms with van der Waals surface area (Å²) in [6, 6.07) is 9.37. The van der Waals surface area contributed by atoms with Gasteiger partial charge in [0.1, 0.15) is 5.82 Å². The van der Waals surface area contributed by atoms with Crippen molar-refractivity contribution in [3.63, 3.8) is 0 Å². The fourth-order valence-electron chi connectivity index (χ4n) is 3.22. The number of fused-ring (bicyclic) bond motifs is 1. The summed E-state index contributed by atoms with van der Waals surface area (Å²) >= 11 is 0. The summed E-state index contributed by atoms with van der Waals surface area (Å²) in [6.07, 6.45) is 0.445. The molecule has 2 aromatic rings. The molecule has 8 nitrogen and oxygen atoms in total. The van der Waals surface area contributed by atoms with Crippen LogP contribution in [0.3, 0.4) is 0 Å². The lowest BCUT2D eigenvalue weighted by Crippen LogP contribution is -2.52. The van der Waals surface area contributed by atoms with Gasteiger partial charge in [-0.3, -0.25) is 9.69 Å². The van der Waals surface area contributed by atoms with Crippen molar-refractivity contribution in [2.75, 3.05) is 32.2 Å². The summed E-state index contributed by atoms with van der Waals surface area (Å²) in [6.45, 7) is 3.68. The first-order valence-electron chi connectivity index (χ1n) is 9.32. The third kappa shape index (κ3) is 3.72. The molecule has 1 unspecified atom stereocenters. The predicted octanol–water partition coefficient (Wildman–Crippen LogP) is 1.57. The van der Waals surface area contributed by atoms with Crippen molar-refractivity contribution in [2.24, 2.45) is 0 Å². The first-order chi connectivity index (χ1) is 13.5. The molecule has 28 heavy (non-hydrogen) atoms. The third-order valence-corrected chi connectivity index (χ3v) is 4.82. The Morgan fingerprint density at radius 2 is 1.93 bits per heavy atom. The molecule has 1 amide bonds. The number of imidazole rings is 1. The SMILES string of the molecule is CCCOCCc1nc2c(n1Cc1ccc(C#N)cc1)C(=O)N(C)C(O)N2C. The number of aliphatic hydroxyl groups excluding tert-OH is 1. The van der Waals surface area contributed by atoms with Gasteiger partial charge in [0.25, 0.3) is 5.91 Å². The summed E-state index contributed by atoms with van der Waals surface area (Å²) < 4.78 is 7.48. The van der Waals surface area contributed by atoms with Crippen molar-refractivity contribution in [1.82, 2.24) is 14.5 Å². The topological polar surface area (TPSA) is 94.6 Å². The van der Waals surface area contributed by atoms with Crippen LogP contribution >= 0.6 is 0 Å². The molecule has 0 saturated heterocycles. The standard InChI is InChI=1S/C20H25N5O3/c1-4-10-28-11-9-16-22-18-17(19(26)24(3)20(27)23(18)2)25(16)13-15-7-5-14(12-21)6-8-15/h5-8,20,27H,4,9-11,13H2,1-3H3. The number of hydrogen-bond donors (Lipinski definition) is 1. The summed E-state index contributed by atoms with van der Waals surface area (Å²) in [5.74, 6) is 0.922. The minimum absolute atomic E-state index is 0.275. The van der Waals surface area contributed by atoms with Crippen LogP contribution in [0, 0.1) is 11.3 Å². The smallest absolute Gasteiger partial charge is 0.277 e. The zero-order chi connectivity index (χ0) is 20.3. The van der Waals surface area contributed by atoms with Crippen LogP contribution in [-0.4, -0.2) is 59.1 Å². The largest absolute Gasteiger partial charge is 0.381 e. The van der Waals surface area contributed by atoms with Crippen LogP contribution < -0.4 is 4.90 Å². The number of ether oxygens (including phenoxy) is 1. The summed E-state index contributed by atoms with van der Waals surface area (Å²) in [4.78, 5) is 20.4. The number of nitriles is 1. The van der Waals surface area contributed by atoms with E-state index in [1.807, 2.05) is 16.7 Å². The number of benzene rings is 1. The van der Waals surface area contributed by atoms with Crippen LogP contribution in [0.4, 0.5) is 5.82 Å². The van der Waals surface area contributed by atoms with Crippen molar-refractivity contribution < 1.29 is 14.6 Å². The van der Waals surface area contributed by atoms with Crippen molar-refractivity contribution >= 4 is 11.7 Å². The molecular weight excluding hydrogens is 358 g/mol. The van der Waals surface area contributed by atoms with Crippen LogP contribution in [-0.2, 0) is 17.7 Å². The van der Waals surface area contributed by atoms with E-state index in [-0.39, 0.29) is 5.91 Å². The number of carbonyl (C=O) groups excluding carboxylic acids is 1. The van der Waals surface area contributed by atoms with Gasteiger partial charge in [0, 0.05) is 33.7 Å². The van der Waals surface area contributed by atoms with Gasteiger partial charge < -0.3 is 19.3 Å². The maximum absolute atomic E-state index is 12.9. The van der Waals surface area contributed by atoms with Gasteiger partial charge in [0.05, 0.1) is 18.2 Å². The molecule has 1 aliphatic heterocycles. The van der Waals surface area contributed by atoms with Crippen molar-refractivity contribution in [2.45, 2.75) is 32.7 Å². The molecule has 0 bridgehead atoms. The minimum Gasteiger partial charge on any atom is -0.381 e. The van der Waals surface area contributed by atoms with Gasteiger partial charge in [-0.05, 0) is 24.1 Å². The van der Waals surface area contributed by atoms with Crippen molar-refractivity contribution in [3.05, 3.63) is 46.9 Å². The normalized spacial score (nSPS) is 16.2. The van der Waals surface area contributed by atoms with Crippen LogP contribution in [0.1, 0.15) is 40.8 Å². The van der Waals surface area contributed by atoms with Gasteiger partial charge in [0.15, 0.2) is 11.5 Å². The minimum atomic E-state index is -1.05. The molecule has 8 heteroatoms. The maximum Gasteiger partial charge on any atom is 0.277 e. The number of aliphatic hydroxyl groups is 1. The Labute approximate surface area is 164 Å². The Bertz CT molecular complexity index is 884. The van der Waals surface area contributed by atoms with Gasteiger partial charge >= 0.3 is 0 Å². The number of carbonyl (C=O) groups is 1. The fourth-order valence-corrected chi connectivity index (χ4v) is 3.22. The Hall–Kier alpha value is -2.89. The Kier molecular flexibility index (Phi) is 5.97. The highest BCUT2D eigenvalue weighted by Crippen LogP contribution is 2.29. The van der Waals surface area contributed by atoms with E-state index in [0.717, 1.165) is 17.8 Å². The summed E-state index contributed by atoms with van der Waals surface area (Å²) in [7, 11) is 3.28. The number of amides is 1. The zero-order valence-corrected chi connectivity index (χ0v) is 16.4. The first-order valence-corrected chi connectivity index (χ1v) is 9.32. The zero-order valence-electron chi connectivity index (χ0n) is 16.4. The van der Waals surface area contributed by atoms with Gasteiger partial charge in [-0.15, -0.1) is 0 Å². The molecule has 0 fully saturated rings. The quantitative estimate of drug-likeness (QED) is 0.730. The molecule has 1 aromatic carbocycles. The van der Waals surface area contributed by atoms with Crippen molar-refractivity contribution in [1.29, 1.82) is 5.26 Å². The molecule has 1 aromatic heterocycles. The van der Waals surface area contributed by atoms with Crippen LogP contribution in [0.15, 0.2) is 24.3 Å². The van der Waals surface area contributed by atoms with Gasteiger partial charge in [0.2, 0.25) is 6.35 Å². The lowest BCUT2D eigenvalue weighted by atomic mass is 10.1. The lowest BCUT2D eigenvalue weighted by molar-refractivity contribution is 0.0152. The third-order valence-electron chi connectivity index (χ3n) is 4.82. The van der Waals surface area contributed by atoms with Crippen LogP contribution in [0.2, 0.25) is 0 Å². The molecule has 1 aliphatic rings. The average molecular weight is 383 g/mol. The Balaban J connectivity index is 1.98. The van der Waals surface area contributed by atoms with E-state index in [1.165, 1.54) is 4.90 Å². The molecule has 2 heterocycles. The maximum atomic E-state index is 12.9. The number of aromatic nitrogens is 2. The predicted molar refractivity (Wildman–Crippen MR) is 104 cm³/mol. The number of hydrogen-bond acceptors (Lipinski definition) is 6. The molecule has 3 rings (SSSR count). The van der Waals surface area contributed by atoms with Crippen LogP contribution in [0.25, 0.3) is 0 Å². The Morgan fingerprint density at radius 1 is 1.21 bits per heavy atom. The lowest BCUT2D eigenvalue weighted by Gasteiger charge is -2.36. The van der Waals surface area contributed by atoms with E-state index >= 15 is 0 Å². The number of anilines is 1. The molecule has 1 atom stereocenters. The molecule has 0 radical (unpaired) electrons. The molecular formula is C20H25N5O3. The first kappa shape index (κ1) is 19.9. The summed E-state index contributed by atoms with van der Waals surface area (Å²) in [5.41, 5.74) is 1.99. The second kappa shape index (κ2) is 8.42. The number of rotatable bonds is 7. The molecule has 0 saturated carbocycles. The highest BCUT2D eigenvalue weighted by Gasteiger charge is 2.37. The van der Waals surface area contributed by atoms with E-state index in [2.05, 4.69) is 18.0 Å². The van der Waals surface area contributed by atoms with E-state index in [0.29, 0.717) is 43.3 Å². The molecule has 1 N–H and O–H groups in total. The highest BCUT2D eigenvalue weighted by molar-refractivity contribution is 5.99. The second-order valence-corrected chi connectivity index (χ2v) is 6.83. The second-order valence-electron chi connectivity index (χ2n) is 6.83. The number of nitrogens with zero attached hydrogens (tertiary/aromatic N) is 5. The average Bonchev–Trinajstić information content (AvgIpc) is 3.07. The van der Waals surface area contributed by atoms with Gasteiger partial charge in [-0.1, -0.05) is 19.1 Å².